The van der Waals surface area contributed by atoms with Gasteiger partial charge in [0.2, 0.25) is 0 Å². The van der Waals surface area contributed by atoms with Gasteiger partial charge in [-0.1, -0.05) is 0 Å². The Morgan fingerprint density at radius 2 is 2.10 bits per heavy atom. The fourth-order valence-electron chi connectivity index (χ4n) is 0.458. The van der Waals surface area contributed by atoms with Crippen molar-refractivity contribution in [2.75, 3.05) is 0 Å². The highest BCUT2D eigenvalue weighted by molar-refractivity contribution is 5.80. The van der Waals surface area contributed by atoms with E-state index in [2.05, 4.69) is 0 Å². The fourth-order valence-corrected chi connectivity index (χ4v) is 0.458. The van der Waals surface area contributed by atoms with Crippen molar-refractivity contribution in [2.24, 2.45) is 0 Å². The molecule has 0 aromatic rings. The summed E-state index contributed by atoms with van der Waals surface area (Å²) in [6.45, 7) is 1.21. The van der Waals surface area contributed by atoms with Crippen molar-refractivity contribution in [3.8, 4) is 0 Å². The highest BCUT2D eigenvalue weighted by Gasteiger charge is 2.07. The second-order valence-electron chi connectivity index (χ2n) is 2.04. The van der Waals surface area contributed by atoms with Gasteiger partial charge >= 0.3 is 0 Å². The van der Waals surface area contributed by atoms with Crippen LogP contribution in [0.5, 0.6) is 0 Å². The SMILES string of the molecule is CC(=O)[C@H](O)CCC(=O)[O-]. The lowest BCUT2D eigenvalue weighted by atomic mass is 10.1. The van der Waals surface area contributed by atoms with Gasteiger partial charge in [-0.05, 0) is 19.8 Å². The van der Waals surface area contributed by atoms with Crippen LogP contribution in [0.15, 0.2) is 0 Å². The molecular formula is C6H9O4-. The molecule has 58 valence electrons. The molecule has 0 saturated carbocycles. The number of carboxylic acid groups (broad SMARTS) is 1. The molecule has 0 aliphatic heterocycles. The molecule has 0 aliphatic carbocycles. The second kappa shape index (κ2) is 4.00. The lowest BCUT2D eigenvalue weighted by Crippen LogP contribution is -2.25. The van der Waals surface area contributed by atoms with E-state index in [1.807, 2.05) is 0 Å². The van der Waals surface area contributed by atoms with Crippen molar-refractivity contribution in [2.45, 2.75) is 25.9 Å². The van der Waals surface area contributed by atoms with Gasteiger partial charge in [-0.2, -0.15) is 0 Å². The number of aliphatic hydroxyl groups excluding tert-OH is 1. The minimum Gasteiger partial charge on any atom is -0.550 e. The summed E-state index contributed by atoms with van der Waals surface area (Å²) in [6.07, 6.45) is -1.49. The zero-order valence-corrected chi connectivity index (χ0v) is 5.66. The molecule has 1 N–H and O–H groups in total. The van der Waals surface area contributed by atoms with Gasteiger partial charge in [0.1, 0.15) is 6.10 Å². The highest BCUT2D eigenvalue weighted by atomic mass is 16.4. The first kappa shape index (κ1) is 9.10. The Morgan fingerprint density at radius 3 is 2.40 bits per heavy atom. The summed E-state index contributed by atoms with van der Waals surface area (Å²) in [4.78, 5) is 20.1. The molecule has 0 aromatic carbocycles. The minimum atomic E-state index is -1.25. The number of ketones is 1. The molecule has 10 heavy (non-hydrogen) atoms. The van der Waals surface area contributed by atoms with Crippen LogP contribution in [0.25, 0.3) is 0 Å². The van der Waals surface area contributed by atoms with E-state index < -0.39 is 17.9 Å². The third-order valence-corrected chi connectivity index (χ3v) is 1.09. The monoisotopic (exact) mass is 145 g/mol. The number of hydrogen-bond donors (Lipinski definition) is 1. The van der Waals surface area contributed by atoms with Crippen molar-refractivity contribution >= 4 is 11.8 Å². The lowest BCUT2D eigenvalue weighted by Gasteiger charge is -2.05. The number of aliphatic hydroxyl groups is 1. The first-order valence-corrected chi connectivity index (χ1v) is 2.92. The van der Waals surface area contributed by atoms with Crippen molar-refractivity contribution < 1.29 is 19.8 Å². The normalized spacial score (nSPS) is 12.6. The number of carbonyl (C=O) groups excluding carboxylic acids is 2. The van der Waals surface area contributed by atoms with E-state index in [0.29, 0.717) is 0 Å². The summed E-state index contributed by atoms with van der Waals surface area (Å²) in [6, 6.07) is 0. The Bertz CT molecular complexity index is 141. The molecule has 1 atom stereocenters. The van der Waals surface area contributed by atoms with Crippen LogP contribution in [-0.2, 0) is 9.59 Å². The minimum absolute atomic E-state index is 0.0579. The molecule has 0 heterocycles. The predicted octanol–water partition coefficient (Wildman–Crippen LogP) is -1.53. The van der Waals surface area contributed by atoms with Crippen LogP contribution in [0.2, 0.25) is 0 Å². The van der Waals surface area contributed by atoms with Gasteiger partial charge in [-0.15, -0.1) is 0 Å². The van der Waals surface area contributed by atoms with Gasteiger partial charge in [0.15, 0.2) is 5.78 Å². The average molecular weight is 145 g/mol. The molecule has 0 rings (SSSR count). The quantitative estimate of drug-likeness (QED) is 0.520. The molecule has 0 amide bonds. The Balaban J connectivity index is 3.49. The fraction of sp³-hybridized carbons (Fsp3) is 0.667. The number of carboxylic acids is 1. The molecule has 0 unspecified atom stereocenters. The smallest absolute Gasteiger partial charge is 0.158 e. The third kappa shape index (κ3) is 4.03. The van der Waals surface area contributed by atoms with Crippen LogP contribution >= 0.6 is 0 Å². The average Bonchev–Trinajstić information content (AvgIpc) is 1.82. The van der Waals surface area contributed by atoms with Crippen LogP contribution in [-0.4, -0.2) is 23.0 Å². The van der Waals surface area contributed by atoms with Crippen LogP contribution in [0.1, 0.15) is 19.8 Å². The molecule has 0 radical (unpaired) electrons. The Kier molecular flexibility index (Phi) is 3.64. The molecule has 0 spiro atoms. The molecule has 0 saturated heterocycles. The van der Waals surface area contributed by atoms with Crippen molar-refractivity contribution in [3.05, 3.63) is 0 Å². The summed E-state index contributed by atoms with van der Waals surface area (Å²) in [5.74, 6) is -1.67. The number of Topliss-reactive ketones (excluding diaryl/α,β-unsaturated/α-hetero) is 1. The standard InChI is InChI=1S/C6H10O4/c1-4(7)5(8)2-3-6(9)10/h5,8H,2-3H2,1H3,(H,9,10)/p-1/t5-/m1/s1. The largest absolute Gasteiger partial charge is 0.550 e. The van der Waals surface area contributed by atoms with Gasteiger partial charge in [0.05, 0.1) is 0 Å². The van der Waals surface area contributed by atoms with E-state index in [-0.39, 0.29) is 12.8 Å². The van der Waals surface area contributed by atoms with Crippen LogP contribution in [0, 0.1) is 0 Å². The molecule has 4 heteroatoms. The Labute approximate surface area is 58.5 Å². The number of hydrogen-bond acceptors (Lipinski definition) is 4. The van der Waals surface area contributed by atoms with Gasteiger partial charge in [0.25, 0.3) is 0 Å². The summed E-state index contributed by atoms with van der Waals surface area (Å²) >= 11 is 0. The van der Waals surface area contributed by atoms with E-state index in [1.54, 1.807) is 0 Å². The van der Waals surface area contributed by atoms with Crippen molar-refractivity contribution in [3.63, 3.8) is 0 Å². The molecule has 0 aromatic heterocycles. The Hall–Kier alpha value is -0.900. The molecule has 0 aliphatic rings. The van der Waals surface area contributed by atoms with Gasteiger partial charge in [-0.25, -0.2) is 0 Å². The van der Waals surface area contributed by atoms with Crippen molar-refractivity contribution in [1.82, 2.24) is 0 Å². The summed E-state index contributed by atoms with van der Waals surface area (Å²) in [7, 11) is 0. The number of carbonyl (C=O) groups is 2. The van der Waals surface area contributed by atoms with Gasteiger partial charge < -0.3 is 15.0 Å². The Morgan fingerprint density at radius 1 is 1.60 bits per heavy atom. The first-order valence-electron chi connectivity index (χ1n) is 2.92. The second-order valence-corrected chi connectivity index (χ2v) is 2.04. The predicted molar refractivity (Wildman–Crippen MR) is 30.9 cm³/mol. The van der Waals surface area contributed by atoms with E-state index in [0.717, 1.165) is 0 Å². The zero-order valence-electron chi connectivity index (χ0n) is 5.66. The van der Waals surface area contributed by atoms with Gasteiger partial charge in [-0.3, -0.25) is 4.79 Å². The summed E-state index contributed by atoms with van der Waals surface area (Å²) < 4.78 is 0. The third-order valence-electron chi connectivity index (χ3n) is 1.09. The van der Waals surface area contributed by atoms with E-state index in [9.17, 15) is 14.7 Å². The first-order chi connectivity index (χ1) is 4.54. The van der Waals surface area contributed by atoms with E-state index in [4.69, 9.17) is 5.11 Å². The van der Waals surface area contributed by atoms with E-state index in [1.165, 1.54) is 6.92 Å². The molecule has 0 bridgehead atoms. The van der Waals surface area contributed by atoms with Crippen LogP contribution in [0.3, 0.4) is 0 Å². The number of rotatable bonds is 4. The maximum atomic E-state index is 10.3. The highest BCUT2D eigenvalue weighted by Crippen LogP contribution is 1.96. The maximum absolute atomic E-state index is 10.3. The topological polar surface area (TPSA) is 77.4 Å². The zero-order chi connectivity index (χ0) is 8.15. The summed E-state index contributed by atoms with van der Waals surface area (Å²) in [5.41, 5.74) is 0. The van der Waals surface area contributed by atoms with Crippen LogP contribution < -0.4 is 5.11 Å². The molecular weight excluding hydrogens is 136 g/mol. The van der Waals surface area contributed by atoms with Crippen molar-refractivity contribution in [1.29, 1.82) is 0 Å². The molecule has 4 nitrogen and oxygen atoms in total. The number of aliphatic carboxylic acids is 1. The van der Waals surface area contributed by atoms with Gasteiger partial charge in [0, 0.05) is 5.97 Å². The lowest BCUT2D eigenvalue weighted by molar-refractivity contribution is -0.306. The van der Waals surface area contributed by atoms with Crippen LogP contribution in [0.4, 0.5) is 0 Å². The van der Waals surface area contributed by atoms with E-state index >= 15 is 0 Å². The summed E-state index contributed by atoms with van der Waals surface area (Å²) in [5, 5.41) is 18.5. The molecule has 0 fully saturated rings. The maximum Gasteiger partial charge on any atom is 0.158 e.